The van der Waals surface area contributed by atoms with Crippen LogP contribution in [0.2, 0.25) is 0 Å². The lowest BCUT2D eigenvalue weighted by atomic mass is 9.71. The smallest absolute Gasteiger partial charge is 0.161 e. The predicted molar refractivity (Wildman–Crippen MR) is 145 cm³/mol. The molecule has 5 heteroatoms. The molecule has 194 valence electrons. The highest BCUT2D eigenvalue weighted by Gasteiger charge is 2.43. The predicted octanol–water partition coefficient (Wildman–Crippen LogP) is 6.71. The lowest BCUT2D eigenvalue weighted by molar-refractivity contribution is -0.117. The minimum absolute atomic E-state index is 0.169. The van der Waals surface area contributed by atoms with Crippen molar-refractivity contribution in [2.24, 2.45) is 0 Å². The van der Waals surface area contributed by atoms with Gasteiger partial charge in [-0.2, -0.15) is 0 Å². The number of carbonyl (C=O) groups is 2. The molecule has 0 fully saturated rings. The van der Waals surface area contributed by atoms with Gasteiger partial charge in [0.1, 0.15) is 6.61 Å². The first kappa shape index (κ1) is 25.3. The van der Waals surface area contributed by atoms with Crippen molar-refractivity contribution in [2.45, 2.75) is 78.7 Å². The van der Waals surface area contributed by atoms with Gasteiger partial charge >= 0.3 is 0 Å². The van der Waals surface area contributed by atoms with Crippen molar-refractivity contribution in [1.29, 1.82) is 0 Å². The quantitative estimate of drug-likeness (QED) is 0.424. The molecule has 0 N–H and O–H groups in total. The molecule has 0 atom stereocenters. The van der Waals surface area contributed by atoms with Crippen molar-refractivity contribution in [2.75, 3.05) is 13.2 Å². The summed E-state index contributed by atoms with van der Waals surface area (Å²) in [4.78, 5) is 29.0. The molecule has 0 spiro atoms. The van der Waals surface area contributed by atoms with E-state index < -0.39 is 0 Å². The van der Waals surface area contributed by atoms with E-state index in [0.29, 0.717) is 37.6 Å². The van der Waals surface area contributed by atoms with E-state index in [4.69, 9.17) is 9.47 Å². The number of benzene rings is 2. The van der Waals surface area contributed by atoms with Gasteiger partial charge < -0.3 is 14.4 Å². The second-order valence-corrected chi connectivity index (χ2v) is 10.4. The molecule has 0 amide bonds. The highest BCUT2D eigenvalue weighted by Crippen LogP contribution is 2.50. The maximum absolute atomic E-state index is 13.4. The fraction of sp³-hybridized carbons (Fsp3) is 0.438. The summed E-state index contributed by atoms with van der Waals surface area (Å²) in [5.74, 6) is 1.33. The van der Waals surface area contributed by atoms with Crippen molar-refractivity contribution < 1.29 is 19.1 Å². The lowest BCUT2D eigenvalue weighted by Crippen LogP contribution is -2.39. The Balaban J connectivity index is 1.56. The monoisotopic (exact) mass is 499 g/mol. The summed E-state index contributed by atoms with van der Waals surface area (Å²) in [5, 5.41) is 0. The van der Waals surface area contributed by atoms with Crippen molar-refractivity contribution in [3.05, 3.63) is 81.2 Å². The summed E-state index contributed by atoms with van der Waals surface area (Å²) in [6, 6.07) is 12.4. The molecule has 2 aromatic carbocycles. The van der Waals surface area contributed by atoms with Crippen LogP contribution in [0.1, 0.15) is 80.5 Å². The first-order chi connectivity index (χ1) is 17.9. The zero-order valence-corrected chi connectivity index (χ0v) is 22.5. The third-order valence-corrected chi connectivity index (χ3v) is 7.68. The minimum atomic E-state index is -0.332. The van der Waals surface area contributed by atoms with E-state index in [2.05, 4.69) is 43.9 Å². The molecular weight excluding hydrogens is 462 g/mol. The molecule has 0 unspecified atom stereocenters. The number of allylic oxidation sites excluding steroid dienone is 4. The van der Waals surface area contributed by atoms with E-state index in [0.717, 1.165) is 65.9 Å². The number of ketones is 2. The number of hydrogen-bond acceptors (Lipinski definition) is 5. The lowest BCUT2D eigenvalue weighted by Gasteiger charge is -2.43. The van der Waals surface area contributed by atoms with Crippen molar-refractivity contribution in [1.82, 2.24) is 4.90 Å². The van der Waals surface area contributed by atoms with Crippen LogP contribution in [0.4, 0.5) is 0 Å². The number of nitrogens with zero attached hydrogens (tertiary/aromatic N) is 1. The summed E-state index contributed by atoms with van der Waals surface area (Å²) < 4.78 is 12.3. The van der Waals surface area contributed by atoms with E-state index in [9.17, 15) is 9.59 Å². The average Bonchev–Trinajstić information content (AvgIpc) is 2.87. The molecule has 0 saturated carbocycles. The summed E-state index contributed by atoms with van der Waals surface area (Å²) >= 11 is 0. The van der Waals surface area contributed by atoms with E-state index in [-0.39, 0.29) is 17.5 Å². The molecule has 0 aromatic heterocycles. The van der Waals surface area contributed by atoms with E-state index in [1.54, 1.807) is 0 Å². The normalized spacial score (nSPS) is 18.2. The van der Waals surface area contributed by atoms with Gasteiger partial charge in [0.25, 0.3) is 0 Å². The Morgan fingerprint density at radius 3 is 1.97 bits per heavy atom. The molecule has 1 heterocycles. The highest BCUT2D eigenvalue weighted by molar-refractivity contribution is 6.06. The Morgan fingerprint density at radius 1 is 0.784 bits per heavy atom. The molecule has 2 aromatic rings. The van der Waals surface area contributed by atoms with Crippen LogP contribution in [0.25, 0.3) is 0 Å². The standard InChI is InChI=1S/C32H37NO4/c1-5-33-24-9-7-11-26(34)31(24)30(32-25(33)10-8-12-27(32)35)23-13-14-28(29(18-23)36-6-2)37-19-22-16-20(3)15-21(4)17-22/h13-18,30H,5-12,19H2,1-4H3. The Morgan fingerprint density at radius 2 is 1.41 bits per heavy atom. The summed E-state index contributed by atoms with van der Waals surface area (Å²) in [7, 11) is 0. The Labute approximate surface area is 220 Å². The molecule has 0 radical (unpaired) electrons. The van der Waals surface area contributed by atoms with Crippen LogP contribution in [0.15, 0.2) is 58.9 Å². The molecule has 3 aliphatic rings. The van der Waals surface area contributed by atoms with Gasteiger partial charge in [0, 0.05) is 47.8 Å². The molecule has 0 bridgehead atoms. The van der Waals surface area contributed by atoms with Gasteiger partial charge in [-0.15, -0.1) is 0 Å². The number of carbonyl (C=O) groups excluding carboxylic acids is 2. The third kappa shape index (κ3) is 4.84. The van der Waals surface area contributed by atoms with Crippen molar-refractivity contribution in [3.8, 4) is 11.5 Å². The minimum Gasteiger partial charge on any atom is -0.490 e. The first-order valence-corrected chi connectivity index (χ1v) is 13.7. The molecular formula is C32H37NO4. The number of hydrogen-bond donors (Lipinski definition) is 0. The SMILES string of the molecule is CCOc1cc(C2C3=C(CCCC3=O)N(CC)C3=C2C(=O)CCC3)ccc1OCc1cc(C)cc(C)c1. The van der Waals surface area contributed by atoms with Gasteiger partial charge in [-0.1, -0.05) is 35.4 Å². The summed E-state index contributed by atoms with van der Waals surface area (Å²) in [5.41, 5.74) is 8.32. The average molecular weight is 500 g/mol. The third-order valence-electron chi connectivity index (χ3n) is 7.68. The molecule has 37 heavy (non-hydrogen) atoms. The van der Waals surface area contributed by atoms with Crippen LogP contribution in [0.3, 0.4) is 0 Å². The van der Waals surface area contributed by atoms with Gasteiger partial charge in [-0.05, 0) is 76.6 Å². The van der Waals surface area contributed by atoms with Gasteiger partial charge in [-0.3, -0.25) is 9.59 Å². The Bertz CT molecular complexity index is 1240. The van der Waals surface area contributed by atoms with E-state index >= 15 is 0 Å². The van der Waals surface area contributed by atoms with Gasteiger partial charge in [-0.25, -0.2) is 0 Å². The van der Waals surface area contributed by atoms with E-state index in [1.807, 2.05) is 25.1 Å². The van der Waals surface area contributed by atoms with Crippen LogP contribution < -0.4 is 9.47 Å². The van der Waals surface area contributed by atoms with Gasteiger partial charge in [0.2, 0.25) is 0 Å². The van der Waals surface area contributed by atoms with Gasteiger partial charge in [0.05, 0.1) is 6.61 Å². The second-order valence-electron chi connectivity index (χ2n) is 10.4. The van der Waals surface area contributed by atoms with E-state index in [1.165, 1.54) is 11.1 Å². The van der Waals surface area contributed by atoms with Crippen LogP contribution >= 0.6 is 0 Å². The van der Waals surface area contributed by atoms with Crippen LogP contribution in [-0.2, 0) is 16.2 Å². The fourth-order valence-corrected chi connectivity index (χ4v) is 6.34. The molecule has 0 saturated heterocycles. The van der Waals surface area contributed by atoms with Crippen LogP contribution in [0, 0.1) is 13.8 Å². The fourth-order valence-electron chi connectivity index (χ4n) is 6.34. The van der Waals surface area contributed by atoms with Crippen LogP contribution in [-0.4, -0.2) is 29.6 Å². The largest absolute Gasteiger partial charge is 0.490 e. The molecule has 5 rings (SSSR count). The zero-order chi connectivity index (χ0) is 26.1. The summed E-state index contributed by atoms with van der Waals surface area (Å²) in [6.45, 7) is 9.97. The zero-order valence-electron chi connectivity index (χ0n) is 22.5. The topological polar surface area (TPSA) is 55.8 Å². The Hall–Kier alpha value is -3.34. The number of Topliss-reactive ketones (excluding diaryl/α,β-unsaturated/α-hetero) is 2. The number of ether oxygens (including phenoxy) is 2. The van der Waals surface area contributed by atoms with Crippen molar-refractivity contribution >= 4 is 11.6 Å². The van der Waals surface area contributed by atoms with Crippen molar-refractivity contribution in [3.63, 3.8) is 0 Å². The second kappa shape index (κ2) is 10.6. The highest BCUT2D eigenvalue weighted by atomic mass is 16.5. The molecule has 2 aliphatic carbocycles. The number of aryl methyl sites for hydroxylation is 2. The Kier molecular flexibility index (Phi) is 7.23. The van der Waals surface area contributed by atoms with Crippen LogP contribution in [0.5, 0.6) is 11.5 Å². The maximum Gasteiger partial charge on any atom is 0.161 e. The van der Waals surface area contributed by atoms with Gasteiger partial charge in [0.15, 0.2) is 23.1 Å². The maximum atomic E-state index is 13.4. The molecule has 1 aliphatic heterocycles. The number of rotatable bonds is 7. The summed E-state index contributed by atoms with van der Waals surface area (Å²) in [6.07, 6.45) is 4.58. The molecule has 5 nitrogen and oxygen atoms in total. The first-order valence-electron chi connectivity index (χ1n) is 13.7.